The molecule has 0 spiro atoms. The van der Waals surface area contributed by atoms with Gasteiger partial charge < -0.3 is 5.73 Å². The van der Waals surface area contributed by atoms with E-state index >= 15 is 0 Å². The summed E-state index contributed by atoms with van der Waals surface area (Å²) in [5, 5.41) is 4.61. The van der Waals surface area contributed by atoms with Gasteiger partial charge in [0.1, 0.15) is 0 Å². The Morgan fingerprint density at radius 3 is 2.41 bits per heavy atom. The Morgan fingerprint density at radius 2 is 1.59 bits per heavy atom. The second-order valence-corrected chi connectivity index (χ2v) is 4.28. The fraction of sp³-hybridized carbons (Fsp3) is 0.0714. The van der Waals surface area contributed by atoms with Crippen LogP contribution in [0.1, 0.15) is 5.69 Å². The highest BCUT2D eigenvalue weighted by molar-refractivity contribution is 6.11. The van der Waals surface area contributed by atoms with E-state index in [1.54, 1.807) is 4.68 Å². The van der Waals surface area contributed by atoms with E-state index in [9.17, 15) is 0 Å². The summed E-state index contributed by atoms with van der Waals surface area (Å²) < 4.78 is 1.64. The lowest BCUT2D eigenvalue weighted by Gasteiger charge is -2.06. The minimum absolute atomic E-state index is 0.812. The second-order valence-electron chi connectivity index (χ2n) is 4.28. The van der Waals surface area contributed by atoms with Crippen LogP contribution in [0.4, 0.5) is 5.69 Å². The van der Waals surface area contributed by atoms with Gasteiger partial charge in [0.25, 0.3) is 0 Å². The van der Waals surface area contributed by atoms with Crippen molar-refractivity contribution in [3.05, 3.63) is 48.3 Å². The van der Waals surface area contributed by atoms with Crippen LogP contribution in [0.3, 0.4) is 0 Å². The molecule has 0 aliphatic heterocycles. The van der Waals surface area contributed by atoms with Gasteiger partial charge in [0, 0.05) is 29.4 Å². The van der Waals surface area contributed by atoms with Crippen molar-refractivity contribution in [1.29, 1.82) is 0 Å². The number of hydrogen-bond acceptors (Lipinski definition) is 2. The molecule has 0 radical (unpaired) electrons. The van der Waals surface area contributed by atoms with Crippen molar-refractivity contribution in [3.63, 3.8) is 0 Å². The molecule has 3 rings (SSSR count). The predicted molar refractivity (Wildman–Crippen MR) is 70.9 cm³/mol. The van der Waals surface area contributed by atoms with Crippen molar-refractivity contribution in [1.82, 2.24) is 0 Å². The molecule has 0 saturated carbocycles. The third-order valence-electron chi connectivity index (χ3n) is 3.32. The van der Waals surface area contributed by atoms with Gasteiger partial charge in [-0.3, -0.25) is 0 Å². The number of anilines is 1. The normalized spacial score (nSPS) is 11.1. The van der Waals surface area contributed by atoms with Gasteiger partial charge in [0.05, 0.1) is 5.39 Å². The molecule has 0 unspecified atom stereocenters. The molecule has 1 heterocycles. The molecule has 0 aliphatic rings. The van der Waals surface area contributed by atoms with Crippen LogP contribution >= 0.6 is 0 Å². The number of benzene rings is 2. The van der Waals surface area contributed by atoms with E-state index in [2.05, 4.69) is 18.2 Å². The highest BCUT2D eigenvalue weighted by Crippen LogP contribution is 2.28. The molecule has 0 fully saturated rings. The second kappa shape index (κ2) is 3.35. The SMILES string of the molecule is Cc1c2ccc3c(N)cccc3c2cc[n+]1N. The summed E-state index contributed by atoms with van der Waals surface area (Å²) in [7, 11) is 0. The zero-order valence-corrected chi connectivity index (χ0v) is 9.64. The van der Waals surface area contributed by atoms with E-state index in [4.69, 9.17) is 11.6 Å². The lowest BCUT2D eigenvalue weighted by atomic mass is 10.0. The summed E-state index contributed by atoms with van der Waals surface area (Å²) in [6, 6.07) is 12.2. The first-order valence-electron chi connectivity index (χ1n) is 5.56. The molecule has 0 amide bonds. The molecular weight excluding hydrogens is 210 g/mol. The number of nitrogens with two attached hydrogens (primary N) is 2. The minimum atomic E-state index is 0.812. The summed E-state index contributed by atoms with van der Waals surface area (Å²) >= 11 is 0. The Bertz CT molecular complexity index is 732. The maximum Gasteiger partial charge on any atom is 0.216 e. The molecular formula is C14H14N3+. The van der Waals surface area contributed by atoms with Gasteiger partial charge in [-0.25, -0.2) is 5.84 Å². The molecule has 0 saturated heterocycles. The van der Waals surface area contributed by atoms with Gasteiger partial charge in [0.15, 0.2) is 6.20 Å². The lowest BCUT2D eigenvalue weighted by molar-refractivity contribution is -0.643. The van der Waals surface area contributed by atoms with Crippen molar-refractivity contribution in [3.8, 4) is 0 Å². The first-order valence-corrected chi connectivity index (χ1v) is 5.56. The van der Waals surface area contributed by atoms with Crippen LogP contribution in [0.5, 0.6) is 0 Å². The number of aromatic nitrogens is 1. The van der Waals surface area contributed by atoms with Crippen LogP contribution < -0.4 is 16.3 Å². The molecule has 0 aliphatic carbocycles. The number of hydrogen-bond donors (Lipinski definition) is 2. The van der Waals surface area contributed by atoms with Crippen LogP contribution in [0.2, 0.25) is 0 Å². The summed E-state index contributed by atoms with van der Waals surface area (Å²) in [4.78, 5) is 0. The van der Waals surface area contributed by atoms with Gasteiger partial charge >= 0.3 is 0 Å². The average Bonchev–Trinajstić information content (AvgIpc) is 2.34. The molecule has 4 N–H and O–H groups in total. The monoisotopic (exact) mass is 224 g/mol. The van der Waals surface area contributed by atoms with Crippen LogP contribution in [-0.4, -0.2) is 0 Å². The molecule has 2 aromatic carbocycles. The Balaban J connectivity index is 2.58. The Morgan fingerprint density at radius 1 is 0.882 bits per heavy atom. The van der Waals surface area contributed by atoms with E-state index in [-0.39, 0.29) is 0 Å². The molecule has 84 valence electrons. The zero-order valence-electron chi connectivity index (χ0n) is 9.64. The van der Waals surface area contributed by atoms with E-state index in [0.29, 0.717) is 0 Å². The van der Waals surface area contributed by atoms with E-state index in [0.717, 1.165) is 22.2 Å². The smallest absolute Gasteiger partial charge is 0.216 e. The van der Waals surface area contributed by atoms with Gasteiger partial charge in [-0.2, -0.15) is 0 Å². The number of rotatable bonds is 0. The summed E-state index contributed by atoms with van der Waals surface area (Å²) in [6.45, 7) is 2.01. The molecule has 0 atom stereocenters. The van der Waals surface area contributed by atoms with Gasteiger partial charge in [-0.15, -0.1) is 0 Å². The number of aryl methyl sites for hydroxylation is 1. The molecule has 3 nitrogen and oxygen atoms in total. The van der Waals surface area contributed by atoms with Crippen molar-refractivity contribution >= 4 is 27.2 Å². The van der Waals surface area contributed by atoms with E-state index < -0.39 is 0 Å². The standard InChI is InChI=1S/C14H14N3/c1-9-10-5-6-13-11(3-2-4-14(13)15)12(10)7-8-17(9)16/h2-8H,15-16H2,1H3/q+1. The molecule has 1 aromatic heterocycles. The van der Waals surface area contributed by atoms with E-state index in [1.165, 1.54) is 10.8 Å². The van der Waals surface area contributed by atoms with Crippen molar-refractivity contribution in [2.75, 3.05) is 11.6 Å². The quantitative estimate of drug-likeness (QED) is 0.265. The summed E-state index contributed by atoms with van der Waals surface area (Å²) in [5.41, 5.74) is 7.84. The Labute approximate surface area is 99.2 Å². The fourth-order valence-corrected chi connectivity index (χ4v) is 2.31. The maximum atomic E-state index is 5.99. The van der Waals surface area contributed by atoms with Crippen molar-refractivity contribution in [2.45, 2.75) is 6.92 Å². The molecule has 17 heavy (non-hydrogen) atoms. The van der Waals surface area contributed by atoms with Gasteiger partial charge in [0.2, 0.25) is 5.69 Å². The summed E-state index contributed by atoms with van der Waals surface area (Å²) in [5.74, 6) is 5.85. The largest absolute Gasteiger partial charge is 0.398 e. The van der Waals surface area contributed by atoms with Crippen LogP contribution in [0, 0.1) is 6.92 Å². The van der Waals surface area contributed by atoms with Crippen LogP contribution in [0.25, 0.3) is 21.5 Å². The van der Waals surface area contributed by atoms with Crippen molar-refractivity contribution in [2.24, 2.45) is 0 Å². The van der Waals surface area contributed by atoms with Gasteiger partial charge in [-0.1, -0.05) is 22.9 Å². The fourth-order valence-electron chi connectivity index (χ4n) is 2.31. The van der Waals surface area contributed by atoms with Crippen LogP contribution in [0.15, 0.2) is 42.6 Å². The topological polar surface area (TPSA) is 55.9 Å². The predicted octanol–water partition coefficient (Wildman–Crippen LogP) is 1.88. The molecule has 3 heteroatoms. The minimum Gasteiger partial charge on any atom is -0.398 e. The maximum absolute atomic E-state index is 5.99. The Kier molecular flexibility index (Phi) is 1.95. The lowest BCUT2D eigenvalue weighted by Crippen LogP contribution is -2.46. The zero-order chi connectivity index (χ0) is 12.0. The number of nitrogen functional groups attached to an aromatic ring is 2. The third-order valence-corrected chi connectivity index (χ3v) is 3.32. The van der Waals surface area contributed by atoms with Crippen LogP contribution in [-0.2, 0) is 0 Å². The molecule has 0 bridgehead atoms. The van der Waals surface area contributed by atoms with E-state index in [1.807, 2.05) is 31.3 Å². The number of pyridine rings is 1. The molecule has 3 aromatic rings. The third kappa shape index (κ3) is 1.32. The first-order chi connectivity index (χ1) is 8.18. The number of nitrogens with zero attached hydrogens (tertiary/aromatic N) is 1. The highest BCUT2D eigenvalue weighted by Gasteiger charge is 2.10. The first kappa shape index (κ1) is 9.90. The number of fused-ring (bicyclic) bond motifs is 3. The Hall–Kier alpha value is -2.29. The highest BCUT2D eigenvalue weighted by atomic mass is 15.3. The summed E-state index contributed by atoms with van der Waals surface area (Å²) in [6.07, 6.45) is 1.88. The average molecular weight is 224 g/mol. The van der Waals surface area contributed by atoms with Crippen molar-refractivity contribution < 1.29 is 4.68 Å². The van der Waals surface area contributed by atoms with Gasteiger partial charge in [-0.05, 0) is 17.5 Å².